The largest absolute Gasteiger partial charge is 0.507 e. The number of carbonyl (C=O) groups is 1. The summed E-state index contributed by atoms with van der Waals surface area (Å²) < 4.78 is 13.0. The van der Waals surface area contributed by atoms with E-state index in [4.69, 9.17) is 6.42 Å². The fraction of sp³-hybridized carbons (Fsp3) is 0.308. The smallest absolute Gasteiger partial charge is 0.255 e. The normalized spacial score (nSPS) is 11.6. The van der Waals surface area contributed by atoms with E-state index in [-0.39, 0.29) is 17.4 Å². The highest BCUT2D eigenvalue weighted by molar-refractivity contribution is 5.96. The summed E-state index contributed by atoms with van der Waals surface area (Å²) in [7, 11) is 0. The molecule has 17 heavy (non-hydrogen) atoms. The number of rotatable bonds is 4. The van der Waals surface area contributed by atoms with Gasteiger partial charge in [0.15, 0.2) is 0 Å². The van der Waals surface area contributed by atoms with E-state index < -0.39 is 11.7 Å². The van der Waals surface area contributed by atoms with E-state index in [0.29, 0.717) is 12.8 Å². The highest BCUT2D eigenvalue weighted by Crippen LogP contribution is 2.18. The highest BCUT2D eigenvalue weighted by Gasteiger charge is 2.15. The first kappa shape index (κ1) is 13.0. The van der Waals surface area contributed by atoms with Gasteiger partial charge in [0.2, 0.25) is 0 Å². The summed E-state index contributed by atoms with van der Waals surface area (Å²) in [4.78, 5) is 11.8. The molecule has 1 aromatic carbocycles. The molecule has 0 heterocycles. The van der Waals surface area contributed by atoms with E-state index in [1.54, 1.807) is 0 Å². The molecule has 0 spiro atoms. The van der Waals surface area contributed by atoms with Crippen LogP contribution >= 0.6 is 0 Å². The van der Waals surface area contributed by atoms with Crippen LogP contribution < -0.4 is 5.32 Å². The Bertz CT molecular complexity index is 451. The maximum absolute atomic E-state index is 13.0. The van der Waals surface area contributed by atoms with E-state index in [1.165, 1.54) is 0 Å². The fourth-order valence-corrected chi connectivity index (χ4v) is 1.39. The molecule has 4 heteroatoms. The van der Waals surface area contributed by atoms with Gasteiger partial charge in [0.25, 0.3) is 5.91 Å². The Labute approximate surface area is 99.7 Å². The number of halogens is 1. The summed E-state index contributed by atoms with van der Waals surface area (Å²) in [6, 6.07) is 3.06. The van der Waals surface area contributed by atoms with Gasteiger partial charge in [0.1, 0.15) is 11.6 Å². The Balaban J connectivity index is 2.82. The number of carbonyl (C=O) groups excluding carboxylic acids is 1. The molecule has 0 fully saturated rings. The summed E-state index contributed by atoms with van der Waals surface area (Å²) in [5.41, 5.74) is -0.0829. The maximum atomic E-state index is 13.0. The standard InChI is InChI=1S/C13H14FNO2/c1-3-5-10(4-2)15-13(17)11-8-9(14)6-7-12(11)16/h1,6-8,10,16H,4-5H2,2H3,(H,15,17). The van der Waals surface area contributed by atoms with Crippen LogP contribution in [0.5, 0.6) is 5.75 Å². The molecule has 3 nitrogen and oxygen atoms in total. The van der Waals surface area contributed by atoms with Crippen molar-refractivity contribution in [2.75, 3.05) is 0 Å². The number of amides is 1. The van der Waals surface area contributed by atoms with Gasteiger partial charge < -0.3 is 10.4 Å². The summed E-state index contributed by atoms with van der Waals surface area (Å²) in [5.74, 6) is 1.10. The topological polar surface area (TPSA) is 49.3 Å². The molecule has 1 atom stereocenters. The minimum Gasteiger partial charge on any atom is -0.507 e. The molecule has 0 aliphatic rings. The van der Waals surface area contributed by atoms with Crippen molar-refractivity contribution in [3.05, 3.63) is 29.6 Å². The van der Waals surface area contributed by atoms with Gasteiger partial charge in [-0.2, -0.15) is 0 Å². The van der Waals surface area contributed by atoms with Crippen molar-refractivity contribution in [1.29, 1.82) is 0 Å². The maximum Gasteiger partial charge on any atom is 0.255 e. The lowest BCUT2D eigenvalue weighted by Crippen LogP contribution is -2.34. The molecule has 0 radical (unpaired) electrons. The second-order valence-electron chi connectivity index (χ2n) is 3.65. The third kappa shape index (κ3) is 3.49. The lowest BCUT2D eigenvalue weighted by molar-refractivity contribution is 0.0933. The van der Waals surface area contributed by atoms with Gasteiger partial charge >= 0.3 is 0 Å². The molecule has 1 unspecified atom stereocenters. The lowest BCUT2D eigenvalue weighted by atomic mass is 10.1. The molecule has 0 bridgehead atoms. The fourth-order valence-electron chi connectivity index (χ4n) is 1.39. The van der Waals surface area contributed by atoms with E-state index >= 15 is 0 Å². The highest BCUT2D eigenvalue weighted by atomic mass is 19.1. The van der Waals surface area contributed by atoms with Gasteiger partial charge in [0.05, 0.1) is 5.56 Å². The van der Waals surface area contributed by atoms with E-state index in [1.807, 2.05) is 6.92 Å². The van der Waals surface area contributed by atoms with Gasteiger partial charge in [-0.15, -0.1) is 12.3 Å². The van der Waals surface area contributed by atoms with Crippen molar-refractivity contribution >= 4 is 5.91 Å². The number of hydrogen-bond donors (Lipinski definition) is 2. The predicted molar refractivity (Wildman–Crippen MR) is 63.1 cm³/mol. The van der Waals surface area contributed by atoms with Crippen molar-refractivity contribution in [3.63, 3.8) is 0 Å². The number of terminal acetylenes is 1. The number of aromatic hydroxyl groups is 1. The number of benzene rings is 1. The number of hydrogen-bond acceptors (Lipinski definition) is 2. The summed E-state index contributed by atoms with van der Waals surface area (Å²) >= 11 is 0. The van der Waals surface area contributed by atoms with E-state index in [0.717, 1.165) is 18.2 Å². The van der Waals surface area contributed by atoms with Gasteiger partial charge in [-0.3, -0.25) is 4.79 Å². The zero-order valence-electron chi connectivity index (χ0n) is 9.53. The Morgan fingerprint density at radius 1 is 1.65 bits per heavy atom. The Kier molecular flexibility index (Phi) is 4.53. The van der Waals surface area contributed by atoms with Gasteiger partial charge in [-0.25, -0.2) is 4.39 Å². The number of phenolic OH excluding ortho intramolecular Hbond substituents is 1. The van der Waals surface area contributed by atoms with Crippen LogP contribution in [0, 0.1) is 18.2 Å². The average Bonchev–Trinajstić information content (AvgIpc) is 2.31. The molecule has 1 rings (SSSR count). The summed E-state index contributed by atoms with van der Waals surface area (Å²) in [5, 5.41) is 12.1. The molecular weight excluding hydrogens is 221 g/mol. The molecule has 90 valence electrons. The predicted octanol–water partition coefficient (Wildman–Crippen LogP) is 2.06. The summed E-state index contributed by atoms with van der Waals surface area (Å²) in [6.45, 7) is 1.88. The molecule has 1 aromatic rings. The quantitative estimate of drug-likeness (QED) is 0.785. The van der Waals surface area contributed by atoms with E-state index in [2.05, 4.69) is 11.2 Å². The third-order valence-corrected chi connectivity index (χ3v) is 2.40. The first-order chi connectivity index (χ1) is 8.08. The van der Waals surface area contributed by atoms with Crippen LogP contribution in [0.3, 0.4) is 0 Å². The minimum atomic E-state index is -0.571. The van der Waals surface area contributed by atoms with Crippen LogP contribution in [0.2, 0.25) is 0 Å². The third-order valence-electron chi connectivity index (χ3n) is 2.40. The van der Waals surface area contributed by atoms with Crippen molar-refractivity contribution in [2.24, 2.45) is 0 Å². The second kappa shape index (κ2) is 5.90. The van der Waals surface area contributed by atoms with Crippen LogP contribution in [0.1, 0.15) is 30.1 Å². The molecule has 0 saturated carbocycles. The zero-order chi connectivity index (χ0) is 12.8. The molecule has 0 saturated heterocycles. The SMILES string of the molecule is C#CCC(CC)NC(=O)c1cc(F)ccc1O. The molecule has 0 aliphatic heterocycles. The average molecular weight is 235 g/mol. The first-order valence-corrected chi connectivity index (χ1v) is 5.31. The van der Waals surface area contributed by atoms with Crippen molar-refractivity contribution in [2.45, 2.75) is 25.8 Å². The first-order valence-electron chi connectivity index (χ1n) is 5.31. The van der Waals surface area contributed by atoms with Crippen molar-refractivity contribution < 1.29 is 14.3 Å². The Hall–Kier alpha value is -2.02. The van der Waals surface area contributed by atoms with Crippen LogP contribution in [-0.2, 0) is 0 Å². The zero-order valence-corrected chi connectivity index (χ0v) is 9.53. The van der Waals surface area contributed by atoms with Crippen molar-refractivity contribution in [1.82, 2.24) is 5.32 Å². The number of phenols is 1. The minimum absolute atomic E-state index is 0.0829. The Morgan fingerprint density at radius 2 is 2.35 bits per heavy atom. The van der Waals surface area contributed by atoms with Crippen LogP contribution in [0.25, 0.3) is 0 Å². The molecule has 2 N–H and O–H groups in total. The van der Waals surface area contributed by atoms with Gasteiger partial charge in [-0.1, -0.05) is 6.92 Å². The van der Waals surface area contributed by atoms with Gasteiger partial charge in [0, 0.05) is 12.5 Å². The molecule has 0 aromatic heterocycles. The van der Waals surface area contributed by atoms with Crippen LogP contribution in [0.4, 0.5) is 4.39 Å². The molecule has 0 aliphatic carbocycles. The van der Waals surface area contributed by atoms with E-state index in [9.17, 15) is 14.3 Å². The molecular formula is C13H14FNO2. The summed E-state index contributed by atoms with van der Waals surface area (Å²) in [6.07, 6.45) is 6.24. The monoisotopic (exact) mass is 235 g/mol. The van der Waals surface area contributed by atoms with Crippen LogP contribution in [0.15, 0.2) is 18.2 Å². The van der Waals surface area contributed by atoms with Crippen LogP contribution in [-0.4, -0.2) is 17.1 Å². The van der Waals surface area contributed by atoms with Crippen molar-refractivity contribution in [3.8, 4) is 18.1 Å². The Morgan fingerprint density at radius 3 is 2.94 bits per heavy atom. The van der Waals surface area contributed by atoms with Gasteiger partial charge in [-0.05, 0) is 24.6 Å². The second-order valence-corrected chi connectivity index (χ2v) is 3.65. The number of nitrogens with one attached hydrogen (secondary N) is 1. The lowest BCUT2D eigenvalue weighted by Gasteiger charge is -2.14. The molecule has 1 amide bonds.